The van der Waals surface area contributed by atoms with E-state index in [2.05, 4.69) is 15.9 Å². The number of hydrogen-bond acceptors (Lipinski definition) is 3. The van der Waals surface area contributed by atoms with E-state index in [1.807, 2.05) is 0 Å². The summed E-state index contributed by atoms with van der Waals surface area (Å²) < 4.78 is 24.9. The molecule has 0 saturated carbocycles. The molecule has 0 spiro atoms. The Balaban J connectivity index is 2.51. The number of benzene rings is 2. The van der Waals surface area contributed by atoms with E-state index < -0.39 is 11.9 Å². The first-order chi connectivity index (χ1) is 9.56. The lowest BCUT2D eigenvalue weighted by Gasteiger charge is -2.17. The number of hydrogen-bond donors (Lipinski definition) is 1. The Kier molecular flexibility index (Phi) is 4.62. The molecule has 0 aliphatic heterocycles. The van der Waals surface area contributed by atoms with Crippen LogP contribution in [0.4, 0.5) is 4.39 Å². The molecule has 0 bridgehead atoms. The van der Waals surface area contributed by atoms with Gasteiger partial charge in [0, 0.05) is 15.6 Å². The van der Waals surface area contributed by atoms with E-state index in [1.54, 1.807) is 30.3 Å². The number of methoxy groups -OCH3 is 2. The maximum absolute atomic E-state index is 13.9. The maximum atomic E-state index is 13.9. The normalized spacial score (nSPS) is 12.1. The average Bonchev–Trinajstić information content (AvgIpc) is 2.48. The molecular weight excluding hydrogens is 327 g/mol. The van der Waals surface area contributed by atoms with Crippen molar-refractivity contribution in [3.05, 3.63) is 57.8 Å². The Morgan fingerprint density at radius 1 is 1.05 bits per heavy atom. The molecule has 0 saturated heterocycles. The monoisotopic (exact) mass is 340 g/mol. The van der Waals surface area contributed by atoms with Gasteiger partial charge in [-0.05, 0) is 36.4 Å². The molecular formula is C15H14BrFO3. The Bertz CT molecular complexity index is 616. The van der Waals surface area contributed by atoms with Crippen molar-refractivity contribution >= 4 is 15.9 Å². The van der Waals surface area contributed by atoms with Crippen LogP contribution >= 0.6 is 15.9 Å². The summed E-state index contributed by atoms with van der Waals surface area (Å²) in [6.45, 7) is 0. The molecule has 2 rings (SSSR count). The van der Waals surface area contributed by atoms with Gasteiger partial charge in [0.2, 0.25) is 0 Å². The van der Waals surface area contributed by atoms with Gasteiger partial charge in [0.1, 0.15) is 23.4 Å². The van der Waals surface area contributed by atoms with Crippen LogP contribution in [-0.2, 0) is 0 Å². The summed E-state index contributed by atoms with van der Waals surface area (Å²) in [4.78, 5) is 0. The third-order valence-corrected chi connectivity index (χ3v) is 3.48. The van der Waals surface area contributed by atoms with E-state index in [4.69, 9.17) is 9.47 Å². The first-order valence-electron chi connectivity index (χ1n) is 5.91. The van der Waals surface area contributed by atoms with Crippen molar-refractivity contribution in [2.45, 2.75) is 6.10 Å². The molecule has 3 nitrogen and oxygen atoms in total. The van der Waals surface area contributed by atoms with Gasteiger partial charge in [0.15, 0.2) is 0 Å². The largest absolute Gasteiger partial charge is 0.497 e. The summed E-state index contributed by atoms with van der Waals surface area (Å²) in [5, 5.41) is 10.4. The Hall–Kier alpha value is -1.59. The summed E-state index contributed by atoms with van der Waals surface area (Å²) in [6.07, 6.45) is -1.14. The summed E-state index contributed by atoms with van der Waals surface area (Å²) in [7, 11) is 3.02. The van der Waals surface area contributed by atoms with E-state index in [0.717, 1.165) is 0 Å². The minimum Gasteiger partial charge on any atom is -0.497 e. The van der Waals surface area contributed by atoms with Crippen molar-refractivity contribution in [3.63, 3.8) is 0 Å². The predicted octanol–water partition coefficient (Wildman–Crippen LogP) is 3.69. The second-order valence-electron chi connectivity index (χ2n) is 4.18. The SMILES string of the molecule is COc1ccc(OC)c(C(O)c2cc(Br)ccc2F)c1. The molecule has 1 unspecified atom stereocenters. The molecule has 1 N–H and O–H groups in total. The highest BCUT2D eigenvalue weighted by Gasteiger charge is 2.20. The van der Waals surface area contributed by atoms with Crippen LogP contribution in [0.1, 0.15) is 17.2 Å². The zero-order valence-corrected chi connectivity index (χ0v) is 12.6. The first kappa shape index (κ1) is 14.8. The molecule has 0 radical (unpaired) electrons. The van der Waals surface area contributed by atoms with Crippen LogP contribution in [0.5, 0.6) is 11.5 Å². The molecule has 0 heterocycles. The Morgan fingerprint density at radius 2 is 1.80 bits per heavy atom. The lowest BCUT2D eigenvalue weighted by Crippen LogP contribution is -2.05. The molecule has 20 heavy (non-hydrogen) atoms. The molecule has 0 fully saturated rings. The second-order valence-corrected chi connectivity index (χ2v) is 5.09. The van der Waals surface area contributed by atoms with Gasteiger partial charge in [-0.2, -0.15) is 0 Å². The summed E-state index contributed by atoms with van der Waals surface area (Å²) in [5.74, 6) is 0.554. The zero-order chi connectivity index (χ0) is 14.7. The molecule has 0 aromatic heterocycles. The minimum atomic E-state index is -1.14. The van der Waals surface area contributed by atoms with Gasteiger partial charge in [-0.25, -0.2) is 4.39 Å². The average molecular weight is 341 g/mol. The van der Waals surface area contributed by atoms with E-state index in [0.29, 0.717) is 21.5 Å². The number of aliphatic hydroxyl groups is 1. The van der Waals surface area contributed by atoms with Gasteiger partial charge in [-0.3, -0.25) is 0 Å². The highest BCUT2D eigenvalue weighted by Crippen LogP contribution is 2.34. The van der Waals surface area contributed by atoms with Crippen molar-refractivity contribution < 1.29 is 19.0 Å². The van der Waals surface area contributed by atoms with Gasteiger partial charge in [0.05, 0.1) is 14.2 Å². The van der Waals surface area contributed by atoms with Crippen LogP contribution in [0.15, 0.2) is 40.9 Å². The molecule has 2 aromatic carbocycles. The van der Waals surface area contributed by atoms with Crippen molar-refractivity contribution in [1.29, 1.82) is 0 Å². The van der Waals surface area contributed by atoms with Gasteiger partial charge in [-0.15, -0.1) is 0 Å². The highest BCUT2D eigenvalue weighted by molar-refractivity contribution is 9.10. The molecule has 0 aliphatic rings. The zero-order valence-electron chi connectivity index (χ0n) is 11.1. The van der Waals surface area contributed by atoms with Crippen LogP contribution in [0.3, 0.4) is 0 Å². The van der Waals surface area contributed by atoms with Crippen LogP contribution in [0, 0.1) is 5.82 Å². The second kappa shape index (κ2) is 6.24. The standard InChI is InChI=1S/C15H14BrFO3/c1-19-10-4-6-14(20-2)12(8-10)15(18)11-7-9(16)3-5-13(11)17/h3-8,15,18H,1-2H3. The lowest BCUT2D eigenvalue weighted by atomic mass is 10.00. The van der Waals surface area contributed by atoms with E-state index in [9.17, 15) is 9.50 Å². The molecule has 0 amide bonds. The smallest absolute Gasteiger partial charge is 0.129 e. The van der Waals surface area contributed by atoms with Crippen LogP contribution < -0.4 is 9.47 Å². The van der Waals surface area contributed by atoms with Gasteiger partial charge >= 0.3 is 0 Å². The minimum absolute atomic E-state index is 0.172. The quantitative estimate of drug-likeness (QED) is 0.922. The fourth-order valence-electron chi connectivity index (χ4n) is 1.94. The summed E-state index contributed by atoms with van der Waals surface area (Å²) in [6, 6.07) is 9.44. The Morgan fingerprint density at radius 3 is 2.45 bits per heavy atom. The van der Waals surface area contributed by atoms with Crippen LogP contribution in [0.2, 0.25) is 0 Å². The maximum Gasteiger partial charge on any atom is 0.129 e. The van der Waals surface area contributed by atoms with E-state index >= 15 is 0 Å². The molecule has 106 valence electrons. The van der Waals surface area contributed by atoms with Crippen molar-refractivity contribution in [2.75, 3.05) is 14.2 Å². The topological polar surface area (TPSA) is 38.7 Å². The van der Waals surface area contributed by atoms with E-state index in [1.165, 1.54) is 20.3 Å². The molecule has 1 atom stereocenters. The molecule has 2 aromatic rings. The lowest BCUT2D eigenvalue weighted by molar-refractivity contribution is 0.209. The van der Waals surface area contributed by atoms with Crippen LogP contribution in [-0.4, -0.2) is 19.3 Å². The Labute approximate surface area is 125 Å². The molecule has 5 heteroatoms. The fourth-order valence-corrected chi connectivity index (χ4v) is 2.32. The summed E-state index contributed by atoms with van der Waals surface area (Å²) >= 11 is 3.27. The van der Waals surface area contributed by atoms with Gasteiger partial charge in [-0.1, -0.05) is 15.9 Å². The fraction of sp³-hybridized carbons (Fsp3) is 0.200. The number of ether oxygens (including phenoxy) is 2. The van der Waals surface area contributed by atoms with Gasteiger partial charge in [0.25, 0.3) is 0 Å². The van der Waals surface area contributed by atoms with Crippen LogP contribution in [0.25, 0.3) is 0 Å². The summed E-state index contributed by atoms with van der Waals surface area (Å²) in [5.41, 5.74) is 0.620. The van der Waals surface area contributed by atoms with E-state index in [-0.39, 0.29) is 5.56 Å². The third-order valence-electron chi connectivity index (χ3n) is 2.98. The first-order valence-corrected chi connectivity index (χ1v) is 6.71. The number of rotatable bonds is 4. The van der Waals surface area contributed by atoms with Crippen molar-refractivity contribution in [3.8, 4) is 11.5 Å². The van der Waals surface area contributed by atoms with Crippen molar-refractivity contribution in [2.24, 2.45) is 0 Å². The molecule has 0 aliphatic carbocycles. The van der Waals surface area contributed by atoms with Crippen molar-refractivity contribution in [1.82, 2.24) is 0 Å². The highest BCUT2D eigenvalue weighted by atomic mass is 79.9. The third kappa shape index (κ3) is 2.94. The number of halogens is 2. The number of aliphatic hydroxyl groups excluding tert-OH is 1. The predicted molar refractivity (Wildman–Crippen MR) is 77.7 cm³/mol. The van der Waals surface area contributed by atoms with Gasteiger partial charge < -0.3 is 14.6 Å².